The first kappa shape index (κ1) is 17.8. The molecule has 4 rings (SSSR count). The van der Waals surface area contributed by atoms with Gasteiger partial charge in [-0.25, -0.2) is 0 Å². The van der Waals surface area contributed by atoms with E-state index in [2.05, 4.69) is 36.8 Å². The minimum absolute atomic E-state index is 0.0102. The van der Waals surface area contributed by atoms with Crippen molar-refractivity contribution in [3.63, 3.8) is 0 Å². The maximum absolute atomic E-state index is 13.2. The van der Waals surface area contributed by atoms with Gasteiger partial charge in [0.15, 0.2) is 0 Å². The second-order valence-corrected chi connectivity index (χ2v) is 8.28. The Labute approximate surface area is 168 Å². The van der Waals surface area contributed by atoms with E-state index in [4.69, 9.17) is 4.74 Å². The molecule has 134 valence electrons. The van der Waals surface area contributed by atoms with E-state index in [9.17, 15) is 4.79 Å². The van der Waals surface area contributed by atoms with Gasteiger partial charge in [0.1, 0.15) is 6.10 Å². The van der Waals surface area contributed by atoms with Crippen LogP contribution in [0.15, 0.2) is 57.6 Å². The van der Waals surface area contributed by atoms with Crippen LogP contribution in [0.5, 0.6) is 0 Å². The molecule has 1 aliphatic rings. The van der Waals surface area contributed by atoms with Gasteiger partial charge in [-0.1, -0.05) is 30.3 Å². The third-order valence-corrected chi connectivity index (χ3v) is 6.52. The Hall–Kier alpha value is -1.63. The quantitative estimate of drug-likeness (QED) is 0.544. The number of nitrogens with one attached hydrogen (secondary N) is 1. The number of aromatic nitrogens is 1. The first-order valence-corrected chi connectivity index (χ1v) is 10.1. The van der Waals surface area contributed by atoms with Gasteiger partial charge in [-0.2, -0.15) is 0 Å². The number of nitrogens with zero attached hydrogens (tertiary/aromatic N) is 1. The summed E-state index contributed by atoms with van der Waals surface area (Å²) < 4.78 is 7.96. The number of fused-ring (bicyclic) bond motifs is 1. The summed E-state index contributed by atoms with van der Waals surface area (Å²) in [6.45, 7) is 3.16. The lowest BCUT2D eigenvalue weighted by Crippen LogP contribution is -2.45. The standard InChI is InChI=1S/C20H18Br2N2O2/c1-12-10-24(11-19(26-12)13-5-3-2-4-6-13)20(25)15-9-23-18-8-17(22)16(21)7-14(15)18/h2-9,12,19,23H,10-11H2,1H3. The smallest absolute Gasteiger partial charge is 0.256 e. The highest BCUT2D eigenvalue weighted by molar-refractivity contribution is 9.13. The van der Waals surface area contributed by atoms with Crippen LogP contribution in [-0.2, 0) is 4.74 Å². The molecule has 2 unspecified atom stereocenters. The van der Waals surface area contributed by atoms with Crippen LogP contribution in [-0.4, -0.2) is 35.0 Å². The molecule has 2 atom stereocenters. The molecule has 0 aliphatic carbocycles. The summed E-state index contributed by atoms with van der Waals surface area (Å²) in [6.07, 6.45) is 1.68. The molecule has 0 radical (unpaired) electrons. The highest BCUT2D eigenvalue weighted by atomic mass is 79.9. The fourth-order valence-corrected chi connectivity index (χ4v) is 4.12. The Balaban J connectivity index is 1.64. The summed E-state index contributed by atoms with van der Waals surface area (Å²) in [5, 5.41) is 0.917. The molecule has 1 N–H and O–H groups in total. The van der Waals surface area contributed by atoms with Crippen molar-refractivity contribution in [3.8, 4) is 0 Å². The van der Waals surface area contributed by atoms with Crippen molar-refractivity contribution in [1.82, 2.24) is 9.88 Å². The van der Waals surface area contributed by atoms with E-state index < -0.39 is 0 Å². The predicted molar refractivity (Wildman–Crippen MR) is 109 cm³/mol. The second-order valence-electron chi connectivity index (χ2n) is 6.57. The number of morpholine rings is 1. The lowest BCUT2D eigenvalue weighted by molar-refractivity contribution is -0.0691. The lowest BCUT2D eigenvalue weighted by atomic mass is 10.1. The first-order chi connectivity index (χ1) is 12.5. The Morgan fingerprint density at radius 1 is 1.15 bits per heavy atom. The average molecular weight is 478 g/mol. The molecule has 1 fully saturated rings. The number of ether oxygens (including phenoxy) is 1. The normalized spacial score (nSPS) is 20.5. The zero-order valence-corrected chi connectivity index (χ0v) is 17.4. The minimum atomic E-state index is -0.102. The minimum Gasteiger partial charge on any atom is -0.367 e. The fourth-order valence-electron chi connectivity index (χ4n) is 3.43. The number of hydrogen-bond acceptors (Lipinski definition) is 2. The van der Waals surface area contributed by atoms with Crippen molar-refractivity contribution >= 4 is 48.7 Å². The van der Waals surface area contributed by atoms with Crippen LogP contribution in [0.3, 0.4) is 0 Å². The third kappa shape index (κ3) is 3.33. The third-order valence-electron chi connectivity index (χ3n) is 4.67. The van der Waals surface area contributed by atoms with E-state index >= 15 is 0 Å². The monoisotopic (exact) mass is 476 g/mol. The van der Waals surface area contributed by atoms with Crippen molar-refractivity contribution in [2.75, 3.05) is 13.1 Å². The molecule has 6 heteroatoms. The maximum atomic E-state index is 13.2. The molecule has 1 amide bonds. The molecule has 1 aromatic heterocycles. The maximum Gasteiger partial charge on any atom is 0.256 e. The average Bonchev–Trinajstić information content (AvgIpc) is 3.04. The molecule has 2 aromatic carbocycles. The van der Waals surface area contributed by atoms with Crippen LogP contribution in [0.25, 0.3) is 10.9 Å². The molecule has 1 aliphatic heterocycles. The summed E-state index contributed by atoms with van der Waals surface area (Å²) in [4.78, 5) is 18.3. The van der Waals surface area contributed by atoms with Gasteiger partial charge in [0.2, 0.25) is 0 Å². The van der Waals surface area contributed by atoms with E-state index in [-0.39, 0.29) is 18.1 Å². The van der Waals surface area contributed by atoms with E-state index in [0.29, 0.717) is 18.7 Å². The highest BCUT2D eigenvalue weighted by Gasteiger charge is 2.30. The van der Waals surface area contributed by atoms with Crippen LogP contribution in [0, 0.1) is 0 Å². The molecule has 2 heterocycles. The van der Waals surface area contributed by atoms with E-state index in [1.165, 1.54) is 0 Å². The van der Waals surface area contributed by atoms with Crippen molar-refractivity contribution in [3.05, 3.63) is 68.7 Å². The molecular weight excluding hydrogens is 460 g/mol. The largest absolute Gasteiger partial charge is 0.367 e. The summed E-state index contributed by atoms with van der Waals surface area (Å²) in [5.74, 6) is 0.0292. The molecule has 26 heavy (non-hydrogen) atoms. The number of benzene rings is 2. The zero-order chi connectivity index (χ0) is 18.3. The number of halogens is 2. The van der Waals surface area contributed by atoms with E-state index in [0.717, 1.165) is 25.4 Å². The van der Waals surface area contributed by atoms with Gasteiger partial charge in [-0.3, -0.25) is 4.79 Å². The number of aromatic amines is 1. The van der Waals surface area contributed by atoms with Gasteiger partial charge in [0.05, 0.1) is 18.2 Å². The Kier molecular flexibility index (Phi) is 4.90. The summed E-state index contributed by atoms with van der Waals surface area (Å²) in [5.41, 5.74) is 2.72. The fraction of sp³-hybridized carbons (Fsp3) is 0.250. The first-order valence-electron chi connectivity index (χ1n) is 8.48. The number of carbonyl (C=O) groups is 1. The highest BCUT2D eigenvalue weighted by Crippen LogP contribution is 2.32. The second kappa shape index (κ2) is 7.18. The van der Waals surface area contributed by atoms with Crippen molar-refractivity contribution < 1.29 is 9.53 Å². The molecular formula is C20H18Br2N2O2. The van der Waals surface area contributed by atoms with Gasteiger partial charge >= 0.3 is 0 Å². The molecule has 4 nitrogen and oxygen atoms in total. The van der Waals surface area contributed by atoms with Gasteiger partial charge < -0.3 is 14.6 Å². The SMILES string of the molecule is CC1CN(C(=O)c2c[nH]c3cc(Br)c(Br)cc23)CC(c2ccccc2)O1. The number of rotatable bonds is 2. The molecule has 3 aromatic rings. The Bertz CT molecular complexity index is 955. The number of H-pyrrole nitrogens is 1. The van der Waals surface area contributed by atoms with Crippen LogP contribution in [0.4, 0.5) is 0 Å². The summed E-state index contributed by atoms with van der Waals surface area (Å²) in [6, 6.07) is 14.0. The number of hydrogen-bond donors (Lipinski definition) is 1. The lowest BCUT2D eigenvalue weighted by Gasteiger charge is -2.37. The van der Waals surface area contributed by atoms with Crippen molar-refractivity contribution in [2.45, 2.75) is 19.1 Å². The van der Waals surface area contributed by atoms with Crippen molar-refractivity contribution in [1.29, 1.82) is 0 Å². The molecule has 0 saturated carbocycles. The Morgan fingerprint density at radius 3 is 2.65 bits per heavy atom. The summed E-state index contributed by atoms with van der Waals surface area (Å²) in [7, 11) is 0. The van der Waals surface area contributed by atoms with E-state index in [1.807, 2.05) is 54.3 Å². The Morgan fingerprint density at radius 2 is 1.88 bits per heavy atom. The molecule has 0 bridgehead atoms. The van der Waals surface area contributed by atoms with Gasteiger partial charge in [0.25, 0.3) is 5.91 Å². The molecule has 0 spiro atoms. The van der Waals surface area contributed by atoms with Crippen LogP contribution >= 0.6 is 31.9 Å². The number of carbonyl (C=O) groups excluding carboxylic acids is 1. The van der Waals surface area contributed by atoms with Gasteiger partial charge in [-0.05, 0) is 56.5 Å². The predicted octanol–water partition coefficient (Wildman–Crippen LogP) is 5.30. The van der Waals surface area contributed by atoms with E-state index in [1.54, 1.807) is 6.20 Å². The van der Waals surface area contributed by atoms with Crippen molar-refractivity contribution in [2.24, 2.45) is 0 Å². The topological polar surface area (TPSA) is 45.3 Å². The summed E-state index contributed by atoms with van der Waals surface area (Å²) >= 11 is 7.03. The number of amides is 1. The van der Waals surface area contributed by atoms with Gasteiger partial charge in [-0.15, -0.1) is 0 Å². The van der Waals surface area contributed by atoms with Crippen LogP contribution in [0.2, 0.25) is 0 Å². The molecule has 1 saturated heterocycles. The van der Waals surface area contributed by atoms with Crippen LogP contribution in [0.1, 0.15) is 28.9 Å². The van der Waals surface area contributed by atoms with Crippen LogP contribution < -0.4 is 0 Å². The van der Waals surface area contributed by atoms with Gasteiger partial charge in [0, 0.05) is 32.6 Å². The zero-order valence-electron chi connectivity index (χ0n) is 14.2.